The van der Waals surface area contributed by atoms with Crippen LogP contribution in [0.2, 0.25) is 0 Å². The number of hydrogen-bond acceptors (Lipinski definition) is 2. The largest absolute Gasteiger partial charge is 0.390 e. The highest BCUT2D eigenvalue weighted by molar-refractivity contribution is 5.02. The minimum absolute atomic E-state index is 0.201. The van der Waals surface area contributed by atoms with Crippen molar-refractivity contribution < 1.29 is 10.2 Å². The summed E-state index contributed by atoms with van der Waals surface area (Å²) >= 11 is 0. The molecule has 1 fully saturated rings. The Kier molecular flexibility index (Phi) is 2.26. The molecule has 0 unspecified atom stereocenters. The van der Waals surface area contributed by atoms with Crippen LogP contribution in [-0.2, 0) is 0 Å². The van der Waals surface area contributed by atoms with Crippen molar-refractivity contribution in [1.82, 2.24) is 0 Å². The lowest BCUT2D eigenvalue weighted by Crippen LogP contribution is -2.38. The van der Waals surface area contributed by atoms with Crippen LogP contribution >= 0.6 is 0 Å². The van der Waals surface area contributed by atoms with Crippen LogP contribution in [0.15, 0.2) is 0 Å². The SMILES string of the molecule is CC(C)[C@]1(O)C[C@@](C)(O)C[C@@H]1C. The van der Waals surface area contributed by atoms with E-state index in [9.17, 15) is 10.2 Å². The summed E-state index contributed by atoms with van der Waals surface area (Å²) in [6.07, 6.45) is 1.22. The summed E-state index contributed by atoms with van der Waals surface area (Å²) < 4.78 is 0. The second kappa shape index (κ2) is 2.71. The molecule has 72 valence electrons. The van der Waals surface area contributed by atoms with Gasteiger partial charge >= 0.3 is 0 Å². The van der Waals surface area contributed by atoms with Gasteiger partial charge in [0.15, 0.2) is 0 Å². The van der Waals surface area contributed by atoms with Gasteiger partial charge in [-0.3, -0.25) is 0 Å². The first-order valence-electron chi connectivity index (χ1n) is 4.73. The van der Waals surface area contributed by atoms with E-state index in [1.165, 1.54) is 0 Å². The summed E-state index contributed by atoms with van der Waals surface area (Å²) in [5.74, 6) is 0.425. The number of hydrogen-bond donors (Lipinski definition) is 2. The Bertz CT molecular complexity index is 175. The average Bonchev–Trinajstić information content (AvgIpc) is 2.03. The molecule has 0 amide bonds. The van der Waals surface area contributed by atoms with E-state index in [2.05, 4.69) is 0 Å². The number of aliphatic hydroxyl groups is 2. The van der Waals surface area contributed by atoms with Crippen molar-refractivity contribution in [2.24, 2.45) is 11.8 Å². The predicted molar refractivity (Wildman–Crippen MR) is 48.8 cm³/mol. The van der Waals surface area contributed by atoms with Gasteiger partial charge in [0.2, 0.25) is 0 Å². The van der Waals surface area contributed by atoms with Crippen LogP contribution in [0, 0.1) is 11.8 Å². The van der Waals surface area contributed by atoms with Crippen LogP contribution in [0.3, 0.4) is 0 Å². The van der Waals surface area contributed by atoms with Crippen LogP contribution in [0.5, 0.6) is 0 Å². The normalized spacial score (nSPS) is 48.8. The predicted octanol–water partition coefficient (Wildman–Crippen LogP) is 1.55. The molecule has 2 N–H and O–H groups in total. The summed E-state index contributed by atoms with van der Waals surface area (Å²) in [5, 5.41) is 20.0. The van der Waals surface area contributed by atoms with Crippen molar-refractivity contribution in [1.29, 1.82) is 0 Å². The van der Waals surface area contributed by atoms with Gasteiger partial charge in [-0.1, -0.05) is 20.8 Å². The Morgan fingerprint density at radius 1 is 1.33 bits per heavy atom. The second-order valence-electron chi connectivity index (χ2n) is 4.92. The van der Waals surface area contributed by atoms with Gasteiger partial charge in [-0.25, -0.2) is 0 Å². The van der Waals surface area contributed by atoms with E-state index >= 15 is 0 Å². The van der Waals surface area contributed by atoms with Crippen molar-refractivity contribution in [2.75, 3.05) is 0 Å². The van der Waals surface area contributed by atoms with Gasteiger partial charge < -0.3 is 10.2 Å². The molecule has 0 aromatic heterocycles. The molecule has 12 heavy (non-hydrogen) atoms. The van der Waals surface area contributed by atoms with Gasteiger partial charge in [-0.15, -0.1) is 0 Å². The molecule has 0 saturated heterocycles. The Hall–Kier alpha value is -0.0800. The number of rotatable bonds is 1. The smallest absolute Gasteiger partial charge is 0.0724 e. The molecule has 1 saturated carbocycles. The summed E-state index contributed by atoms with van der Waals surface area (Å²) in [6.45, 7) is 7.85. The van der Waals surface area contributed by atoms with Crippen molar-refractivity contribution >= 4 is 0 Å². The molecular weight excluding hydrogens is 152 g/mol. The molecule has 1 aliphatic carbocycles. The summed E-state index contributed by atoms with van der Waals surface area (Å²) in [6, 6.07) is 0. The fourth-order valence-electron chi connectivity index (χ4n) is 2.47. The molecule has 0 heterocycles. The lowest BCUT2D eigenvalue weighted by molar-refractivity contribution is -0.0491. The van der Waals surface area contributed by atoms with Gasteiger partial charge in [0.1, 0.15) is 0 Å². The van der Waals surface area contributed by atoms with Crippen LogP contribution in [0.4, 0.5) is 0 Å². The average molecular weight is 172 g/mol. The minimum atomic E-state index is -0.668. The maximum absolute atomic E-state index is 10.2. The topological polar surface area (TPSA) is 40.5 Å². The Labute approximate surface area is 74.6 Å². The Balaban J connectivity index is 2.81. The molecule has 1 rings (SSSR count). The Morgan fingerprint density at radius 2 is 1.83 bits per heavy atom. The third-order valence-corrected chi connectivity index (χ3v) is 3.26. The third kappa shape index (κ3) is 1.50. The molecule has 0 radical (unpaired) electrons. The zero-order valence-electron chi connectivity index (χ0n) is 8.46. The van der Waals surface area contributed by atoms with Crippen molar-refractivity contribution in [3.8, 4) is 0 Å². The highest BCUT2D eigenvalue weighted by Crippen LogP contribution is 2.45. The van der Waals surface area contributed by atoms with Crippen LogP contribution in [0.1, 0.15) is 40.5 Å². The standard InChI is InChI=1S/C10H20O2/c1-7(2)10(12)6-9(4,11)5-8(10)3/h7-8,11-12H,5-6H2,1-4H3/t8-,9-,10+/m0/s1. The molecule has 0 bridgehead atoms. The maximum Gasteiger partial charge on any atom is 0.0724 e. The van der Waals surface area contributed by atoms with Gasteiger partial charge in [-0.05, 0) is 25.2 Å². The van der Waals surface area contributed by atoms with E-state index in [0.717, 1.165) is 0 Å². The van der Waals surface area contributed by atoms with Gasteiger partial charge in [-0.2, -0.15) is 0 Å². The Morgan fingerprint density at radius 3 is 2.00 bits per heavy atom. The maximum atomic E-state index is 10.2. The van der Waals surface area contributed by atoms with Crippen molar-refractivity contribution in [3.63, 3.8) is 0 Å². The molecular formula is C10H20O2. The summed E-state index contributed by atoms with van der Waals surface area (Å²) in [4.78, 5) is 0. The molecule has 0 aliphatic heterocycles. The van der Waals surface area contributed by atoms with E-state index in [4.69, 9.17) is 0 Å². The molecule has 1 aliphatic rings. The highest BCUT2D eigenvalue weighted by Gasteiger charge is 2.50. The first-order chi connectivity index (χ1) is 5.28. The molecule has 3 atom stereocenters. The molecule has 0 aromatic rings. The second-order valence-corrected chi connectivity index (χ2v) is 4.92. The van der Waals surface area contributed by atoms with E-state index < -0.39 is 11.2 Å². The third-order valence-electron chi connectivity index (χ3n) is 3.26. The van der Waals surface area contributed by atoms with Crippen LogP contribution in [-0.4, -0.2) is 21.4 Å². The zero-order chi connectivity index (χ0) is 9.57. The minimum Gasteiger partial charge on any atom is -0.390 e. The van der Waals surface area contributed by atoms with E-state index in [1.54, 1.807) is 0 Å². The van der Waals surface area contributed by atoms with Crippen molar-refractivity contribution in [3.05, 3.63) is 0 Å². The fraction of sp³-hybridized carbons (Fsp3) is 1.00. The lowest BCUT2D eigenvalue weighted by atomic mass is 9.82. The highest BCUT2D eigenvalue weighted by atomic mass is 16.3. The van der Waals surface area contributed by atoms with Gasteiger partial charge in [0, 0.05) is 6.42 Å². The molecule has 2 nitrogen and oxygen atoms in total. The molecule has 2 heteroatoms. The first-order valence-corrected chi connectivity index (χ1v) is 4.73. The van der Waals surface area contributed by atoms with Crippen molar-refractivity contribution in [2.45, 2.75) is 51.7 Å². The summed E-state index contributed by atoms with van der Waals surface area (Å²) in [7, 11) is 0. The lowest BCUT2D eigenvalue weighted by Gasteiger charge is -2.32. The molecule has 0 spiro atoms. The molecule has 0 aromatic carbocycles. The van der Waals surface area contributed by atoms with E-state index in [-0.39, 0.29) is 11.8 Å². The fourth-order valence-corrected chi connectivity index (χ4v) is 2.47. The van der Waals surface area contributed by atoms with E-state index in [1.807, 2.05) is 27.7 Å². The van der Waals surface area contributed by atoms with E-state index in [0.29, 0.717) is 12.8 Å². The zero-order valence-corrected chi connectivity index (χ0v) is 8.46. The quantitative estimate of drug-likeness (QED) is 0.630. The summed E-state index contributed by atoms with van der Waals surface area (Å²) in [5.41, 5.74) is -1.33. The van der Waals surface area contributed by atoms with Gasteiger partial charge in [0.05, 0.1) is 11.2 Å². The monoisotopic (exact) mass is 172 g/mol. The van der Waals surface area contributed by atoms with Crippen LogP contribution in [0.25, 0.3) is 0 Å². The van der Waals surface area contributed by atoms with Crippen LogP contribution < -0.4 is 0 Å². The van der Waals surface area contributed by atoms with Gasteiger partial charge in [0.25, 0.3) is 0 Å². The first kappa shape index (κ1) is 10.0.